The van der Waals surface area contributed by atoms with Gasteiger partial charge in [-0.2, -0.15) is 0 Å². The molecule has 2 aromatic rings. The number of ether oxygens (including phenoxy) is 2. The summed E-state index contributed by atoms with van der Waals surface area (Å²) in [4.78, 5) is 12.8. The average Bonchev–Trinajstić information content (AvgIpc) is 2.70. The number of nitrogens with one attached hydrogen (secondary N) is 1. The number of methoxy groups -OCH3 is 1. The second-order valence-electron chi connectivity index (χ2n) is 6.83. The SMILES string of the molecule is CC[C@@H](C(=O)N[C@H](C)COc1ccc(OC)cc1)N(c1ccccc1F)S(C)(=O)=O. The molecule has 30 heavy (non-hydrogen) atoms. The van der Waals surface area contributed by atoms with Gasteiger partial charge in [0, 0.05) is 0 Å². The molecule has 1 N–H and O–H groups in total. The summed E-state index contributed by atoms with van der Waals surface area (Å²) in [7, 11) is -2.34. The first-order chi connectivity index (χ1) is 14.2. The molecule has 2 rings (SSSR count). The van der Waals surface area contributed by atoms with Gasteiger partial charge in [0.25, 0.3) is 0 Å². The summed E-state index contributed by atoms with van der Waals surface area (Å²) in [5.41, 5.74) is -0.163. The molecule has 0 bridgehead atoms. The normalized spacial score (nSPS) is 13.2. The van der Waals surface area contributed by atoms with E-state index in [1.165, 1.54) is 18.2 Å². The maximum absolute atomic E-state index is 14.3. The van der Waals surface area contributed by atoms with Crippen LogP contribution in [0.5, 0.6) is 11.5 Å². The number of benzene rings is 2. The molecule has 0 radical (unpaired) electrons. The number of hydrogen-bond donors (Lipinski definition) is 1. The van der Waals surface area contributed by atoms with Gasteiger partial charge < -0.3 is 14.8 Å². The van der Waals surface area contributed by atoms with Crippen LogP contribution in [-0.4, -0.2) is 46.4 Å². The van der Waals surface area contributed by atoms with Crippen molar-refractivity contribution in [2.45, 2.75) is 32.4 Å². The highest BCUT2D eigenvalue weighted by molar-refractivity contribution is 7.92. The number of hydrogen-bond acceptors (Lipinski definition) is 5. The van der Waals surface area contributed by atoms with Crippen molar-refractivity contribution in [1.82, 2.24) is 5.32 Å². The second kappa shape index (κ2) is 10.3. The Balaban J connectivity index is 2.10. The van der Waals surface area contributed by atoms with E-state index in [4.69, 9.17) is 9.47 Å². The molecule has 0 saturated carbocycles. The van der Waals surface area contributed by atoms with Crippen LogP contribution in [0.15, 0.2) is 48.5 Å². The van der Waals surface area contributed by atoms with E-state index in [9.17, 15) is 17.6 Å². The Morgan fingerprint density at radius 3 is 2.27 bits per heavy atom. The van der Waals surface area contributed by atoms with Gasteiger partial charge in [-0.15, -0.1) is 0 Å². The minimum atomic E-state index is -3.91. The van der Waals surface area contributed by atoms with Crippen LogP contribution in [0, 0.1) is 5.82 Å². The van der Waals surface area contributed by atoms with E-state index >= 15 is 0 Å². The summed E-state index contributed by atoms with van der Waals surface area (Å²) in [6.45, 7) is 3.58. The van der Waals surface area contributed by atoms with Crippen molar-refractivity contribution in [3.63, 3.8) is 0 Å². The molecule has 164 valence electrons. The molecule has 2 atom stereocenters. The molecule has 1 amide bonds. The Labute approximate surface area is 176 Å². The number of amides is 1. The van der Waals surface area contributed by atoms with Gasteiger partial charge in [-0.1, -0.05) is 19.1 Å². The fourth-order valence-corrected chi connectivity index (χ4v) is 4.15. The zero-order chi connectivity index (χ0) is 22.3. The number of nitrogens with zero attached hydrogens (tertiary/aromatic N) is 1. The van der Waals surface area contributed by atoms with Gasteiger partial charge >= 0.3 is 0 Å². The van der Waals surface area contributed by atoms with Crippen molar-refractivity contribution in [3.8, 4) is 11.5 Å². The first kappa shape index (κ1) is 23.5. The molecule has 2 aromatic carbocycles. The van der Waals surface area contributed by atoms with E-state index in [2.05, 4.69) is 5.32 Å². The maximum atomic E-state index is 14.3. The molecule has 7 nitrogen and oxygen atoms in total. The lowest BCUT2D eigenvalue weighted by Gasteiger charge is -2.31. The highest BCUT2D eigenvalue weighted by atomic mass is 32.2. The first-order valence-electron chi connectivity index (χ1n) is 9.48. The van der Waals surface area contributed by atoms with Gasteiger partial charge in [-0.05, 0) is 49.7 Å². The molecule has 0 heterocycles. The van der Waals surface area contributed by atoms with Crippen LogP contribution in [0.1, 0.15) is 20.3 Å². The van der Waals surface area contributed by atoms with Crippen LogP contribution in [0.2, 0.25) is 0 Å². The highest BCUT2D eigenvalue weighted by Gasteiger charge is 2.33. The minimum absolute atomic E-state index is 0.163. The molecule has 0 aromatic heterocycles. The fraction of sp³-hybridized carbons (Fsp3) is 0.381. The fourth-order valence-electron chi connectivity index (χ4n) is 2.94. The molecule has 0 fully saturated rings. The van der Waals surface area contributed by atoms with Crippen LogP contribution >= 0.6 is 0 Å². The monoisotopic (exact) mass is 438 g/mol. The van der Waals surface area contributed by atoms with Crippen molar-refractivity contribution in [3.05, 3.63) is 54.3 Å². The van der Waals surface area contributed by atoms with Gasteiger partial charge in [0.15, 0.2) is 0 Å². The van der Waals surface area contributed by atoms with Crippen molar-refractivity contribution in [2.75, 3.05) is 24.3 Å². The van der Waals surface area contributed by atoms with Gasteiger partial charge in [0.2, 0.25) is 15.9 Å². The number of anilines is 1. The maximum Gasteiger partial charge on any atom is 0.244 e. The predicted octanol–water partition coefficient (Wildman–Crippen LogP) is 2.96. The summed E-state index contributed by atoms with van der Waals surface area (Å²) in [6.07, 6.45) is 1.12. The molecule has 0 unspecified atom stereocenters. The van der Waals surface area contributed by atoms with Crippen LogP contribution in [-0.2, 0) is 14.8 Å². The molecule has 0 aliphatic carbocycles. The molecular formula is C21H27FN2O5S. The minimum Gasteiger partial charge on any atom is -0.497 e. The Morgan fingerprint density at radius 1 is 1.13 bits per heavy atom. The van der Waals surface area contributed by atoms with E-state index in [1.807, 2.05) is 0 Å². The third-order valence-electron chi connectivity index (χ3n) is 4.37. The Kier molecular flexibility index (Phi) is 8.05. The lowest BCUT2D eigenvalue weighted by molar-refractivity contribution is -0.123. The summed E-state index contributed by atoms with van der Waals surface area (Å²) >= 11 is 0. The Bertz CT molecular complexity index is 950. The second-order valence-corrected chi connectivity index (χ2v) is 8.69. The smallest absolute Gasteiger partial charge is 0.244 e. The Morgan fingerprint density at radius 2 is 1.73 bits per heavy atom. The van der Waals surface area contributed by atoms with Gasteiger partial charge in [0.1, 0.15) is 30.0 Å². The average molecular weight is 439 g/mol. The topological polar surface area (TPSA) is 84.9 Å². The molecular weight excluding hydrogens is 411 g/mol. The van der Waals surface area contributed by atoms with Crippen molar-refractivity contribution < 1.29 is 27.1 Å². The molecule has 0 spiro atoms. The summed E-state index contributed by atoms with van der Waals surface area (Å²) < 4.78 is 50.6. The summed E-state index contributed by atoms with van der Waals surface area (Å²) in [5, 5.41) is 2.75. The number of halogens is 1. The standard InChI is InChI=1S/C21H27FN2O5S/c1-5-19(24(30(4,26)27)20-9-7-6-8-18(20)22)21(25)23-15(2)14-29-17-12-10-16(28-3)11-13-17/h6-13,15,19H,5,14H2,1-4H3,(H,23,25)/t15-,19+/m1/s1. The van der Waals surface area contributed by atoms with Crippen molar-refractivity contribution in [1.29, 1.82) is 0 Å². The van der Waals surface area contributed by atoms with Gasteiger partial charge in [0.05, 0.1) is 25.1 Å². The number of carbonyl (C=O) groups excluding carboxylic acids is 1. The first-order valence-corrected chi connectivity index (χ1v) is 11.3. The van der Waals surface area contributed by atoms with E-state index in [1.54, 1.807) is 45.2 Å². The van der Waals surface area contributed by atoms with Crippen molar-refractivity contribution >= 4 is 21.6 Å². The van der Waals surface area contributed by atoms with Crippen LogP contribution in [0.4, 0.5) is 10.1 Å². The third-order valence-corrected chi connectivity index (χ3v) is 5.53. The van der Waals surface area contributed by atoms with Crippen LogP contribution in [0.25, 0.3) is 0 Å². The van der Waals surface area contributed by atoms with Crippen molar-refractivity contribution in [2.24, 2.45) is 0 Å². The number of rotatable bonds is 10. The van der Waals surface area contributed by atoms with Crippen LogP contribution in [0.3, 0.4) is 0 Å². The summed E-state index contributed by atoms with van der Waals surface area (Å²) in [5.74, 6) is 0.0543. The largest absolute Gasteiger partial charge is 0.497 e. The number of sulfonamides is 1. The summed E-state index contributed by atoms with van der Waals surface area (Å²) in [6, 6.07) is 11.0. The lowest BCUT2D eigenvalue weighted by Crippen LogP contribution is -2.52. The number of carbonyl (C=O) groups is 1. The Hall–Kier alpha value is -2.81. The van der Waals surface area contributed by atoms with E-state index in [-0.39, 0.29) is 18.7 Å². The van der Waals surface area contributed by atoms with E-state index in [0.29, 0.717) is 11.5 Å². The van der Waals surface area contributed by atoms with Crippen LogP contribution < -0.4 is 19.1 Å². The van der Waals surface area contributed by atoms with Gasteiger partial charge in [-0.3, -0.25) is 9.10 Å². The third kappa shape index (κ3) is 6.09. The molecule has 0 saturated heterocycles. The molecule has 0 aliphatic rings. The number of para-hydroxylation sites is 1. The highest BCUT2D eigenvalue weighted by Crippen LogP contribution is 2.25. The van der Waals surface area contributed by atoms with Gasteiger partial charge in [-0.25, -0.2) is 12.8 Å². The van der Waals surface area contributed by atoms with E-state index in [0.717, 1.165) is 16.6 Å². The van der Waals surface area contributed by atoms with E-state index < -0.39 is 33.8 Å². The lowest BCUT2D eigenvalue weighted by atomic mass is 10.1. The molecule has 9 heteroatoms. The predicted molar refractivity (Wildman–Crippen MR) is 114 cm³/mol. The zero-order valence-corrected chi connectivity index (χ0v) is 18.3. The quantitative estimate of drug-likeness (QED) is 0.617. The zero-order valence-electron chi connectivity index (χ0n) is 17.5. The molecule has 0 aliphatic heterocycles.